The lowest BCUT2D eigenvalue weighted by Crippen LogP contribution is -2.56. The number of amides is 2. The first-order chi connectivity index (χ1) is 8.64. The molecular formula is C14H24N2O3. The van der Waals surface area contributed by atoms with Gasteiger partial charge in [-0.2, -0.15) is 0 Å². The van der Waals surface area contributed by atoms with Gasteiger partial charge < -0.3 is 10.2 Å². The third-order valence-electron chi connectivity index (χ3n) is 3.47. The van der Waals surface area contributed by atoms with E-state index in [0.717, 1.165) is 12.8 Å². The molecular weight excluding hydrogens is 244 g/mol. The van der Waals surface area contributed by atoms with Crippen molar-refractivity contribution >= 4 is 17.6 Å². The molecule has 1 fully saturated rings. The second kappa shape index (κ2) is 5.72. The highest BCUT2D eigenvalue weighted by atomic mass is 16.2. The fourth-order valence-electron chi connectivity index (χ4n) is 2.47. The van der Waals surface area contributed by atoms with Gasteiger partial charge >= 0.3 is 0 Å². The standard InChI is InChI=1S/C14H24N2O3/c1-9(17)11-7-6-8-16(11)13(19)12(14(3,4)5)15-10(2)18/h11-12H,6-8H2,1-5H3,(H,15,18)/t11-,12+/m0/s1. The van der Waals surface area contributed by atoms with Crippen LogP contribution in [0.25, 0.3) is 0 Å². The SMILES string of the molecule is CC(=O)N[C@H](C(=O)N1CCC[C@H]1C(C)=O)C(C)(C)C. The van der Waals surface area contributed by atoms with E-state index in [1.165, 1.54) is 13.8 Å². The molecule has 0 bridgehead atoms. The van der Waals surface area contributed by atoms with E-state index >= 15 is 0 Å². The summed E-state index contributed by atoms with van der Waals surface area (Å²) in [5.41, 5.74) is -0.382. The van der Waals surface area contributed by atoms with Crippen molar-refractivity contribution in [2.75, 3.05) is 6.54 Å². The van der Waals surface area contributed by atoms with E-state index in [-0.39, 0.29) is 29.1 Å². The molecule has 0 spiro atoms. The monoisotopic (exact) mass is 268 g/mol. The van der Waals surface area contributed by atoms with Gasteiger partial charge in [0, 0.05) is 13.5 Å². The zero-order valence-electron chi connectivity index (χ0n) is 12.4. The van der Waals surface area contributed by atoms with Crippen molar-refractivity contribution in [3.63, 3.8) is 0 Å². The summed E-state index contributed by atoms with van der Waals surface area (Å²) in [6, 6.07) is -0.920. The van der Waals surface area contributed by atoms with Gasteiger partial charge in [0.15, 0.2) is 5.78 Å². The summed E-state index contributed by atoms with van der Waals surface area (Å²) >= 11 is 0. The van der Waals surface area contributed by atoms with Gasteiger partial charge in [-0.1, -0.05) is 20.8 Å². The molecule has 2 amide bonds. The molecule has 1 saturated heterocycles. The number of nitrogens with one attached hydrogen (secondary N) is 1. The number of hydrogen-bond donors (Lipinski definition) is 1. The van der Waals surface area contributed by atoms with Gasteiger partial charge in [-0.15, -0.1) is 0 Å². The summed E-state index contributed by atoms with van der Waals surface area (Å²) in [6.07, 6.45) is 1.56. The molecule has 2 atom stereocenters. The maximum Gasteiger partial charge on any atom is 0.246 e. The van der Waals surface area contributed by atoms with Crippen LogP contribution in [0.5, 0.6) is 0 Å². The number of likely N-dealkylation sites (tertiary alicyclic amines) is 1. The Morgan fingerprint density at radius 3 is 2.21 bits per heavy atom. The minimum atomic E-state index is -0.593. The van der Waals surface area contributed by atoms with E-state index in [1.807, 2.05) is 20.8 Å². The topological polar surface area (TPSA) is 66.5 Å². The first-order valence-electron chi connectivity index (χ1n) is 6.72. The second-order valence-electron chi connectivity index (χ2n) is 6.30. The molecule has 1 heterocycles. The second-order valence-corrected chi connectivity index (χ2v) is 6.30. The highest BCUT2D eigenvalue weighted by Crippen LogP contribution is 2.25. The summed E-state index contributed by atoms with van der Waals surface area (Å²) in [4.78, 5) is 37.1. The molecule has 0 unspecified atom stereocenters. The van der Waals surface area contributed by atoms with Crippen LogP contribution in [-0.4, -0.2) is 41.1 Å². The first kappa shape index (κ1) is 15.7. The van der Waals surface area contributed by atoms with Gasteiger partial charge in [-0.25, -0.2) is 0 Å². The molecule has 19 heavy (non-hydrogen) atoms. The number of hydrogen-bond acceptors (Lipinski definition) is 3. The van der Waals surface area contributed by atoms with Crippen LogP contribution in [0.15, 0.2) is 0 Å². The Hall–Kier alpha value is -1.39. The Morgan fingerprint density at radius 1 is 1.21 bits per heavy atom. The maximum absolute atomic E-state index is 12.6. The molecule has 1 aliphatic heterocycles. The molecule has 0 aromatic rings. The minimum Gasteiger partial charge on any atom is -0.344 e. The highest BCUT2D eigenvalue weighted by molar-refractivity contribution is 5.92. The quantitative estimate of drug-likeness (QED) is 0.834. The summed E-state index contributed by atoms with van der Waals surface area (Å²) in [6.45, 7) is 9.23. The van der Waals surface area contributed by atoms with Gasteiger partial charge in [0.2, 0.25) is 11.8 Å². The predicted molar refractivity (Wildman–Crippen MR) is 72.5 cm³/mol. The number of ketones is 1. The van der Waals surface area contributed by atoms with Gasteiger partial charge in [0.25, 0.3) is 0 Å². The lowest BCUT2D eigenvalue weighted by atomic mass is 9.85. The fraction of sp³-hybridized carbons (Fsp3) is 0.786. The van der Waals surface area contributed by atoms with E-state index in [2.05, 4.69) is 5.32 Å². The van der Waals surface area contributed by atoms with E-state index in [0.29, 0.717) is 6.54 Å². The van der Waals surface area contributed by atoms with Crippen LogP contribution in [-0.2, 0) is 14.4 Å². The fourth-order valence-corrected chi connectivity index (χ4v) is 2.47. The van der Waals surface area contributed by atoms with Crippen molar-refractivity contribution in [1.29, 1.82) is 0 Å². The first-order valence-corrected chi connectivity index (χ1v) is 6.72. The van der Waals surface area contributed by atoms with Crippen LogP contribution in [0, 0.1) is 5.41 Å². The van der Waals surface area contributed by atoms with Crippen LogP contribution in [0.3, 0.4) is 0 Å². The number of nitrogens with zero attached hydrogens (tertiary/aromatic N) is 1. The molecule has 0 saturated carbocycles. The number of carbonyl (C=O) groups excluding carboxylic acids is 3. The van der Waals surface area contributed by atoms with Crippen LogP contribution in [0.1, 0.15) is 47.5 Å². The highest BCUT2D eigenvalue weighted by Gasteiger charge is 2.40. The van der Waals surface area contributed by atoms with Crippen molar-refractivity contribution in [2.45, 2.75) is 59.5 Å². The van der Waals surface area contributed by atoms with Crippen molar-refractivity contribution in [3.8, 4) is 0 Å². The third kappa shape index (κ3) is 3.78. The minimum absolute atomic E-state index is 0.0151. The molecule has 1 N–H and O–H groups in total. The normalized spacial score (nSPS) is 21.1. The Kier molecular flexibility index (Phi) is 4.71. The molecule has 5 heteroatoms. The van der Waals surface area contributed by atoms with E-state index in [4.69, 9.17) is 0 Å². The Morgan fingerprint density at radius 2 is 1.79 bits per heavy atom. The Balaban J connectivity index is 2.93. The van der Waals surface area contributed by atoms with Crippen molar-refractivity contribution in [2.24, 2.45) is 5.41 Å². The lowest BCUT2D eigenvalue weighted by molar-refractivity contribution is -0.142. The molecule has 1 rings (SSSR count). The van der Waals surface area contributed by atoms with Gasteiger partial charge in [-0.05, 0) is 25.2 Å². The number of carbonyl (C=O) groups is 3. The van der Waals surface area contributed by atoms with Crippen LogP contribution < -0.4 is 5.32 Å². The molecule has 1 aliphatic rings. The van der Waals surface area contributed by atoms with E-state index < -0.39 is 6.04 Å². The third-order valence-corrected chi connectivity index (χ3v) is 3.47. The number of Topliss-reactive ketones (excluding diaryl/α,β-unsaturated/α-hetero) is 1. The van der Waals surface area contributed by atoms with E-state index in [1.54, 1.807) is 4.90 Å². The van der Waals surface area contributed by atoms with Crippen LogP contribution >= 0.6 is 0 Å². The summed E-state index contributed by atoms with van der Waals surface area (Å²) in [5.74, 6) is -0.367. The summed E-state index contributed by atoms with van der Waals surface area (Å²) in [7, 11) is 0. The molecule has 0 radical (unpaired) electrons. The van der Waals surface area contributed by atoms with E-state index in [9.17, 15) is 14.4 Å². The van der Waals surface area contributed by atoms with Crippen molar-refractivity contribution in [3.05, 3.63) is 0 Å². The summed E-state index contributed by atoms with van der Waals surface area (Å²) in [5, 5.41) is 2.71. The van der Waals surface area contributed by atoms with Gasteiger partial charge in [0.05, 0.1) is 6.04 Å². The van der Waals surface area contributed by atoms with Gasteiger partial charge in [0.1, 0.15) is 6.04 Å². The smallest absolute Gasteiger partial charge is 0.246 e. The molecule has 0 aliphatic carbocycles. The zero-order chi connectivity index (χ0) is 14.8. The zero-order valence-corrected chi connectivity index (χ0v) is 12.4. The molecule has 0 aromatic heterocycles. The maximum atomic E-state index is 12.6. The number of rotatable bonds is 3. The summed E-state index contributed by atoms with van der Waals surface area (Å²) < 4.78 is 0. The molecule has 108 valence electrons. The average molecular weight is 268 g/mol. The predicted octanol–water partition coefficient (Wildman–Crippen LogP) is 1.12. The van der Waals surface area contributed by atoms with Gasteiger partial charge in [-0.3, -0.25) is 14.4 Å². The van der Waals surface area contributed by atoms with Crippen molar-refractivity contribution in [1.82, 2.24) is 10.2 Å². The van der Waals surface area contributed by atoms with Crippen LogP contribution in [0.2, 0.25) is 0 Å². The van der Waals surface area contributed by atoms with Crippen LogP contribution in [0.4, 0.5) is 0 Å². The Bertz CT molecular complexity index is 385. The molecule has 0 aromatic carbocycles. The Labute approximate surface area is 114 Å². The lowest BCUT2D eigenvalue weighted by Gasteiger charge is -2.35. The largest absolute Gasteiger partial charge is 0.344 e. The van der Waals surface area contributed by atoms with Crippen molar-refractivity contribution < 1.29 is 14.4 Å². The average Bonchev–Trinajstić information content (AvgIpc) is 2.71. The molecule has 5 nitrogen and oxygen atoms in total.